The molecular weight excluding hydrogens is 358 g/mol. The highest BCUT2D eigenvalue weighted by atomic mass is 16.4. The predicted molar refractivity (Wildman–Crippen MR) is 95.8 cm³/mol. The molecule has 0 radical (unpaired) electrons. The van der Waals surface area contributed by atoms with E-state index in [-0.39, 0.29) is 12.8 Å². The third kappa shape index (κ3) is 9.35. The standard InChI is InChI=1S/C15H19N3O7.C2H2/c16-9-3-1-8(2-4-9)7-11(14(23)24)18-15(25)17-10(13(21)22)5-6-12(19)20;1-2/h1-4,10-11H,5-7,16H2,(H,19,20)(H,21,22)(H,23,24)(H2,17,18,25);1-2H/t10-,11-;/m0./s1. The van der Waals surface area contributed by atoms with Crippen molar-refractivity contribution in [2.24, 2.45) is 0 Å². The van der Waals surface area contributed by atoms with Crippen LogP contribution in [0.3, 0.4) is 0 Å². The molecular formula is C17H21N3O7. The summed E-state index contributed by atoms with van der Waals surface area (Å²) in [7, 11) is 0. The van der Waals surface area contributed by atoms with Gasteiger partial charge in [0.2, 0.25) is 0 Å². The first-order valence-corrected chi connectivity index (χ1v) is 7.61. The molecule has 0 aromatic heterocycles. The number of carbonyl (C=O) groups is 4. The molecule has 10 heteroatoms. The molecule has 0 heterocycles. The molecule has 0 saturated heterocycles. The zero-order chi connectivity index (χ0) is 21.0. The molecule has 2 amide bonds. The first-order chi connectivity index (χ1) is 12.7. The van der Waals surface area contributed by atoms with Gasteiger partial charge in [0.1, 0.15) is 12.1 Å². The van der Waals surface area contributed by atoms with Crippen molar-refractivity contribution in [3.63, 3.8) is 0 Å². The van der Waals surface area contributed by atoms with Crippen molar-refractivity contribution in [1.29, 1.82) is 0 Å². The van der Waals surface area contributed by atoms with Crippen LogP contribution in [0.15, 0.2) is 24.3 Å². The Kier molecular flexibility index (Phi) is 10.1. The van der Waals surface area contributed by atoms with E-state index in [4.69, 9.17) is 15.9 Å². The summed E-state index contributed by atoms with van der Waals surface area (Å²) in [5.41, 5.74) is 6.65. The summed E-state index contributed by atoms with van der Waals surface area (Å²) in [4.78, 5) is 44.7. The fraction of sp³-hybridized carbons (Fsp3) is 0.294. The third-order valence-corrected chi connectivity index (χ3v) is 3.27. The number of nitrogens with two attached hydrogens (primary N) is 1. The molecule has 0 aliphatic carbocycles. The Morgan fingerprint density at radius 2 is 1.41 bits per heavy atom. The number of nitrogens with one attached hydrogen (secondary N) is 2. The lowest BCUT2D eigenvalue weighted by molar-refractivity contribution is -0.140. The van der Waals surface area contributed by atoms with Crippen LogP contribution in [-0.4, -0.2) is 51.3 Å². The molecule has 0 saturated carbocycles. The van der Waals surface area contributed by atoms with Gasteiger partial charge in [-0.2, -0.15) is 0 Å². The third-order valence-electron chi connectivity index (χ3n) is 3.27. The number of carbonyl (C=O) groups excluding carboxylic acids is 1. The minimum absolute atomic E-state index is 0.0318. The van der Waals surface area contributed by atoms with Crippen LogP contribution in [0.2, 0.25) is 0 Å². The number of nitrogen functional groups attached to an aromatic ring is 1. The van der Waals surface area contributed by atoms with Crippen molar-refractivity contribution in [1.82, 2.24) is 10.6 Å². The van der Waals surface area contributed by atoms with E-state index in [9.17, 15) is 24.3 Å². The normalized spacial score (nSPS) is 11.8. The molecule has 1 aromatic rings. The number of terminal acetylenes is 1. The fourth-order valence-electron chi connectivity index (χ4n) is 1.97. The van der Waals surface area contributed by atoms with Gasteiger partial charge in [-0.3, -0.25) is 4.79 Å². The quantitative estimate of drug-likeness (QED) is 0.259. The molecule has 0 fully saturated rings. The molecule has 7 N–H and O–H groups in total. The van der Waals surface area contributed by atoms with Crippen molar-refractivity contribution in [3.05, 3.63) is 29.8 Å². The number of anilines is 1. The van der Waals surface area contributed by atoms with Crippen LogP contribution >= 0.6 is 0 Å². The van der Waals surface area contributed by atoms with E-state index in [0.717, 1.165) is 0 Å². The van der Waals surface area contributed by atoms with Gasteiger partial charge in [-0.15, -0.1) is 12.8 Å². The summed E-state index contributed by atoms with van der Waals surface area (Å²) >= 11 is 0. The summed E-state index contributed by atoms with van der Waals surface area (Å²) < 4.78 is 0. The van der Waals surface area contributed by atoms with Crippen molar-refractivity contribution in [2.75, 3.05) is 5.73 Å². The van der Waals surface area contributed by atoms with Crippen LogP contribution in [0, 0.1) is 12.8 Å². The lowest BCUT2D eigenvalue weighted by atomic mass is 10.1. The molecule has 0 unspecified atom stereocenters. The zero-order valence-electron chi connectivity index (χ0n) is 14.3. The summed E-state index contributed by atoms with van der Waals surface area (Å²) in [5.74, 6) is -3.92. The Morgan fingerprint density at radius 1 is 0.926 bits per heavy atom. The van der Waals surface area contributed by atoms with Crippen molar-refractivity contribution < 1.29 is 34.5 Å². The highest BCUT2D eigenvalue weighted by molar-refractivity contribution is 5.86. The van der Waals surface area contributed by atoms with E-state index in [1.807, 2.05) is 0 Å². The second kappa shape index (κ2) is 11.8. The van der Waals surface area contributed by atoms with Crippen molar-refractivity contribution in [2.45, 2.75) is 31.3 Å². The van der Waals surface area contributed by atoms with Gasteiger partial charge in [0, 0.05) is 18.5 Å². The highest BCUT2D eigenvalue weighted by Gasteiger charge is 2.25. The largest absolute Gasteiger partial charge is 0.481 e. The minimum atomic E-state index is -1.44. The number of benzene rings is 1. The average molecular weight is 379 g/mol. The molecule has 2 atom stereocenters. The van der Waals surface area contributed by atoms with E-state index in [1.165, 1.54) is 0 Å². The predicted octanol–water partition coefficient (Wildman–Crippen LogP) is 0.131. The number of rotatable bonds is 9. The van der Waals surface area contributed by atoms with Crippen LogP contribution in [-0.2, 0) is 20.8 Å². The first-order valence-electron chi connectivity index (χ1n) is 7.61. The number of aliphatic carboxylic acids is 3. The monoisotopic (exact) mass is 379 g/mol. The van der Waals surface area contributed by atoms with Gasteiger partial charge in [0.15, 0.2) is 0 Å². The summed E-state index contributed by atoms with van der Waals surface area (Å²) in [6.07, 6.45) is 7.19. The number of urea groups is 1. The maximum absolute atomic E-state index is 11.8. The number of carboxylic acid groups (broad SMARTS) is 3. The van der Waals surface area contributed by atoms with E-state index in [0.29, 0.717) is 11.3 Å². The van der Waals surface area contributed by atoms with Gasteiger partial charge in [0.05, 0.1) is 0 Å². The highest BCUT2D eigenvalue weighted by Crippen LogP contribution is 2.08. The molecule has 0 spiro atoms. The zero-order valence-corrected chi connectivity index (χ0v) is 14.3. The van der Waals surface area contributed by atoms with Crippen molar-refractivity contribution >= 4 is 29.6 Å². The van der Waals surface area contributed by atoms with Crippen LogP contribution in [0.25, 0.3) is 0 Å². The molecule has 1 rings (SSSR count). The summed E-state index contributed by atoms with van der Waals surface area (Å²) in [5, 5.41) is 31.0. The Balaban J connectivity index is 0.00000326. The van der Waals surface area contributed by atoms with Gasteiger partial charge >= 0.3 is 23.9 Å². The lowest BCUT2D eigenvalue weighted by Gasteiger charge is -2.18. The van der Waals surface area contributed by atoms with Gasteiger partial charge < -0.3 is 31.7 Å². The number of amides is 2. The molecule has 10 nitrogen and oxygen atoms in total. The fourth-order valence-corrected chi connectivity index (χ4v) is 1.97. The lowest BCUT2D eigenvalue weighted by Crippen LogP contribution is -2.51. The molecule has 1 aromatic carbocycles. The minimum Gasteiger partial charge on any atom is -0.481 e. The SMILES string of the molecule is C#C.Nc1ccc(C[C@H](NC(=O)N[C@@H](CCC(=O)O)C(=O)O)C(=O)O)cc1. The van der Waals surface area contributed by atoms with E-state index >= 15 is 0 Å². The van der Waals surface area contributed by atoms with Crippen LogP contribution in [0.5, 0.6) is 0 Å². The first kappa shape index (κ1) is 23.3. The number of hydrogen-bond acceptors (Lipinski definition) is 5. The van der Waals surface area contributed by atoms with Gasteiger partial charge in [-0.25, -0.2) is 14.4 Å². The summed E-state index contributed by atoms with van der Waals surface area (Å²) in [6, 6.07) is 2.64. The molecule has 27 heavy (non-hydrogen) atoms. The second-order valence-corrected chi connectivity index (χ2v) is 5.28. The van der Waals surface area contributed by atoms with Gasteiger partial charge in [-0.1, -0.05) is 12.1 Å². The average Bonchev–Trinajstić information content (AvgIpc) is 2.61. The van der Waals surface area contributed by atoms with Crippen molar-refractivity contribution in [3.8, 4) is 12.8 Å². The summed E-state index contributed by atoms with van der Waals surface area (Å²) in [6.45, 7) is 0. The van der Waals surface area contributed by atoms with E-state index in [2.05, 4.69) is 23.5 Å². The van der Waals surface area contributed by atoms with Gasteiger partial charge in [-0.05, 0) is 24.1 Å². The molecule has 0 bridgehead atoms. The van der Waals surface area contributed by atoms with Crippen LogP contribution in [0.4, 0.5) is 10.5 Å². The van der Waals surface area contributed by atoms with Gasteiger partial charge in [0.25, 0.3) is 0 Å². The Bertz CT molecular complexity index is 686. The Hall–Kier alpha value is -3.74. The maximum Gasteiger partial charge on any atom is 0.326 e. The van der Waals surface area contributed by atoms with Crippen LogP contribution in [0.1, 0.15) is 18.4 Å². The number of carboxylic acids is 3. The smallest absolute Gasteiger partial charge is 0.326 e. The maximum atomic E-state index is 11.8. The molecule has 0 aliphatic heterocycles. The number of hydrogen-bond donors (Lipinski definition) is 6. The Morgan fingerprint density at radius 3 is 1.85 bits per heavy atom. The molecule has 0 aliphatic rings. The second-order valence-electron chi connectivity index (χ2n) is 5.28. The molecule has 146 valence electrons. The topological polar surface area (TPSA) is 179 Å². The van der Waals surface area contributed by atoms with Crippen LogP contribution < -0.4 is 16.4 Å². The van der Waals surface area contributed by atoms with E-state index < -0.39 is 42.4 Å². The Labute approximate surface area is 155 Å². The van der Waals surface area contributed by atoms with E-state index in [1.54, 1.807) is 24.3 Å².